The molecule has 0 fully saturated rings. The molecule has 0 radical (unpaired) electrons. The summed E-state index contributed by atoms with van der Waals surface area (Å²) in [6.45, 7) is 4.73. The van der Waals surface area contributed by atoms with Gasteiger partial charge in [0.1, 0.15) is 11.2 Å². The van der Waals surface area contributed by atoms with Crippen molar-refractivity contribution in [3.05, 3.63) is 169 Å². The van der Waals surface area contributed by atoms with Gasteiger partial charge in [-0.3, -0.25) is 0 Å². The largest absolute Gasteiger partial charge is 0.455 e. The van der Waals surface area contributed by atoms with E-state index >= 15 is 0 Å². The average Bonchev–Trinajstić information content (AvgIpc) is 3.62. The van der Waals surface area contributed by atoms with Gasteiger partial charge >= 0.3 is 0 Å². The minimum Gasteiger partial charge on any atom is -0.455 e. The normalized spacial score (nSPS) is 13.4. The number of rotatable bonds is 3. The van der Waals surface area contributed by atoms with Gasteiger partial charge in [0.05, 0.1) is 0 Å². The molecule has 1 nitrogen and oxygen atoms in total. The second-order valence-electron chi connectivity index (χ2n) is 13.6. The third kappa shape index (κ3) is 3.79. The standard InChI is InChI=1S/C47H32O/c1-47(2)39-26-25-33(28-38(39)44-34(20-12-21-40(44)47)30-14-4-3-5-15-30)42-35-17-8-9-18-36(35)43(32-24-23-29-13-6-7-16-31(29)27-32)46-45(42)37-19-10-11-22-41(37)48-46/h3-28H,1-2H3. The summed E-state index contributed by atoms with van der Waals surface area (Å²) in [5.74, 6) is 0. The Bertz CT molecular complexity index is 2740. The van der Waals surface area contributed by atoms with Crippen molar-refractivity contribution in [1.29, 1.82) is 0 Å². The molecule has 1 aliphatic carbocycles. The summed E-state index contributed by atoms with van der Waals surface area (Å²) in [4.78, 5) is 0. The molecule has 0 N–H and O–H groups in total. The van der Waals surface area contributed by atoms with E-state index in [0.29, 0.717) is 0 Å². The maximum absolute atomic E-state index is 6.88. The van der Waals surface area contributed by atoms with Crippen LogP contribution in [0.2, 0.25) is 0 Å². The smallest absolute Gasteiger partial charge is 0.144 e. The Morgan fingerprint density at radius 2 is 1.08 bits per heavy atom. The van der Waals surface area contributed by atoms with Crippen molar-refractivity contribution in [3.63, 3.8) is 0 Å². The van der Waals surface area contributed by atoms with Gasteiger partial charge in [-0.1, -0.05) is 153 Å². The van der Waals surface area contributed by atoms with Crippen LogP contribution >= 0.6 is 0 Å². The minimum atomic E-state index is -0.104. The zero-order valence-electron chi connectivity index (χ0n) is 26.9. The molecule has 0 aliphatic heterocycles. The molecule has 0 amide bonds. The lowest BCUT2D eigenvalue weighted by molar-refractivity contribution is 0.660. The summed E-state index contributed by atoms with van der Waals surface area (Å²) >= 11 is 0. The first kappa shape index (κ1) is 27.2. The molecule has 0 saturated carbocycles. The van der Waals surface area contributed by atoms with Gasteiger partial charge in [0.15, 0.2) is 0 Å². The fraction of sp³-hybridized carbons (Fsp3) is 0.0638. The van der Waals surface area contributed by atoms with Gasteiger partial charge in [0, 0.05) is 27.3 Å². The molecule has 0 unspecified atom stereocenters. The fourth-order valence-electron chi connectivity index (χ4n) is 8.40. The van der Waals surface area contributed by atoms with Crippen LogP contribution in [0.3, 0.4) is 0 Å². The van der Waals surface area contributed by atoms with Crippen LogP contribution in [0.5, 0.6) is 0 Å². The lowest BCUT2D eigenvalue weighted by Gasteiger charge is -2.22. The lowest BCUT2D eigenvalue weighted by atomic mass is 9.81. The lowest BCUT2D eigenvalue weighted by Crippen LogP contribution is -2.14. The molecule has 0 saturated heterocycles. The van der Waals surface area contributed by atoms with E-state index in [0.717, 1.165) is 27.7 Å². The van der Waals surface area contributed by atoms with E-state index in [1.807, 2.05) is 0 Å². The monoisotopic (exact) mass is 612 g/mol. The zero-order chi connectivity index (χ0) is 32.0. The predicted octanol–water partition coefficient (Wildman–Crippen LogP) is 13.2. The van der Waals surface area contributed by atoms with Crippen LogP contribution in [0.1, 0.15) is 25.0 Å². The Morgan fingerprint density at radius 1 is 0.417 bits per heavy atom. The molecule has 0 atom stereocenters. The number of furan rings is 1. The first-order valence-electron chi connectivity index (χ1n) is 16.8. The molecular weight excluding hydrogens is 581 g/mol. The molecule has 48 heavy (non-hydrogen) atoms. The number of hydrogen-bond donors (Lipinski definition) is 0. The summed E-state index contributed by atoms with van der Waals surface area (Å²) in [5, 5.41) is 7.19. The van der Waals surface area contributed by atoms with E-state index in [9.17, 15) is 0 Å². The topological polar surface area (TPSA) is 13.1 Å². The van der Waals surface area contributed by atoms with Crippen LogP contribution in [0.25, 0.3) is 88.0 Å². The molecule has 0 spiro atoms. The van der Waals surface area contributed by atoms with Gasteiger partial charge in [0.25, 0.3) is 0 Å². The molecular formula is C47H32O. The van der Waals surface area contributed by atoms with E-state index in [1.165, 1.54) is 71.4 Å². The van der Waals surface area contributed by atoms with Crippen molar-refractivity contribution in [2.24, 2.45) is 0 Å². The number of hydrogen-bond acceptors (Lipinski definition) is 1. The average molecular weight is 613 g/mol. The zero-order valence-corrected chi connectivity index (χ0v) is 26.9. The first-order valence-corrected chi connectivity index (χ1v) is 16.8. The van der Waals surface area contributed by atoms with Crippen molar-refractivity contribution in [1.82, 2.24) is 0 Å². The molecule has 1 heterocycles. The molecule has 1 aromatic heterocycles. The van der Waals surface area contributed by atoms with Crippen LogP contribution < -0.4 is 0 Å². The van der Waals surface area contributed by atoms with Gasteiger partial charge in [0.2, 0.25) is 0 Å². The Labute approximate surface area is 279 Å². The van der Waals surface area contributed by atoms with Crippen LogP contribution in [0.4, 0.5) is 0 Å². The Morgan fingerprint density at radius 3 is 1.92 bits per heavy atom. The molecule has 9 aromatic rings. The van der Waals surface area contributed by atoms with Crippen molar-refractivity contribution >= 4 is 43.5 Å². The van der Waals surface area contributed by atoms with E-state index < -0.39 is 0 Å². The summed E-state index contributed by atoms with van der Waals surface area (Å²) in [5.41, 5.74) is 14.4. The van der Waals surface area contributed by atoms with Gasteiger partial charge in [-0.05, 0) is 84.3 Å². The van der Waals surface area contributed by atoms with Crippen LogP contribution in [0.15, 0.2) is 162 Å². The van der Waals surface area contributed by atoms with Crippen molar-refractivity contribution in [2.75, 3.05) is 0 Å². The first-order chi connectivity index (χ1) is 23.6. The highest BCUT2D eigenvalue weighted by molar-refractivity contribution is 6.27. The number of para-hydroxylation sites is 1. The molecule has 1 aliphatic rings. The maximum Gasteiger partial charge on any atom is 0.144 e. The van der Waals surface area contributed by atoms with Crippen LogP contribution in [-0.2, 0) is 5.41 Å². The van der Waals surface area contributed by atoms with E-state index in [1.54, 1.807) is 0 Å². The fourth-order valence-corrected chi connectivity index (χ4v) is 8.40. The summed E-state index contributed by atoms with van der Waals surface area (Å²) in [6, 6.07) is 57.5. The highest BCUT2D eigenvalue weighted by Crippen LogP contribution is 2.54. The van der Waals surface area contributed by atoms with Gasteiger partial charge in [-0.2, -0.15) is 0 Å². The summed E-state index contributed by atoms with van der Waals surface area (Å²) < 4.78 is 6.88. The predicted molar refractivity (Wildman–Crippen MR) is 203 cm³/mol. The Kier molecular flexibility index (Phi) is 5.69. The van der Waals surface area contributed by atoms with E-state index in [2.05, 4.69) is 172 Å². The van der Waals surface area contributed by atoms with Crippen molar-refractivity contribution in [3.8, 4) is 44.5 Å². The Hall–Kier alpha value is -5.92. The van der Waals surface area contributed by atoms with Gasteiger partial charge < -0.3 is 4.42 Å². The molecule has 8 aromatic carbocycles. The molecule has 1 heteroatoms. The third-order valence-corrected chi connectivity index (χ3v) is 10.6. The highest BCUT2D eigenvalue weighted by Gasteiger charge is 2.37. The third-order valence-electron chi connectivity index (χ3n) is 10.6. The van der Waals surface area contributed by atoms with Gasteiger partial charge in [-0.25, -0.2) is 0 Å². The summed E-state index contributed by atoms with van der Waals surface area (Å²) in [6.07, 6.45) is 0. The van der Waals surface area contributed by atoms with Crippen LogP contribution in [0, 0.1) is 0 Å². The molecule has 226 valence electrons. The number of benzene rings is 8. The highest BCUT2D eigenvalue weighted by atomic mass is 16.3. The summed E-state index contributed by atoms with van der Waals surface area (Å²) in [7, 11) is 0. The maximum atomic E-state index is 6.88. The Balaban J connectivity index is 1.31. The quantitative estimate of drug-likeness (QED) is 0.193. The molecule has 0 bridgehead atoms. The van der Waals surface area contributed by atoms with Crippen LogP contribution in [-0.4, -0.2) is 0 Å². The SMILES string of the molecule is CC1(C)c2ccc(-c3c4ccccc4c(-c4ccc5ccccc5c4)c4oc5ccccc5c34)cc2-c2c(-c3ccccc3)cccc21. The second kappa shape index (κ2) is 10.0. The number of fused-ring (bicyclic) bond motifs is 8. The van der Waals surface area contributed by atoms with E-state index in [4.69, 9.17) is 4.42 Å². The molecule has 10 rings (SSSR count). The van der Waals surface area contributed by atoms with E-state index in [-0.39, 0.29) is 5.41 Å². The van der Waals surface area contributed by atoms with Gasteiger partial charge in [-0.15, -0.1) is 0 Å². The van der Waals surface area contributed by atoms with Crippen molar-refractivity contribution < 1.29 is 4.42 Å². The minimum absolute atomic E-state index is 0.104. The second-order valence-corrected chi connectivity index (χ2v) is 13.6. The van der Waals surface area contributed by atoms with Crippen molar-refractivity contribution in [2.45, 2.75) is 19.3 Å².